The summed E-state index contributed by atoms with van der Waals surface area (Å²) in [7, 11) is 1.39. The topological polar surface area (TPSA) is 44.1 Å². The summed E-state index contributed by atoms with van der Waals surface area (Å²) in [5.41, 5.74) is 1.62. The van der Waals surface area contributed by atoms with Crippen LogP contribution in [0.4, 0.5) is 0 Å². The maximum Gasteiger partial charge on any atom is 0.359 e. The Labute approximate surface area is 108 Å². The molecule has 0 unspecified atom stereocenters. The van der Waals surface area contributed by atoms with Crippen LogP contribution in [-0.2, 0) is 11.3 Å². The molecule has 0 amide bonds. The summed E-state index contributed by atoms with van der Waals surface area (Å²) in [6, 6.07) is 0. The van der Waals surface area contributed by atoms with Crippen molar-refractivity contribution in [2.45, 2.75) is 38.1 Å². The van der Waals surface area contributed by atoms with E-state index in [0.717, 1.165) is 16.9 Å². The van der Waals surface area contributed by atoms with Gasteiger partial charge in [-0.15, -0.1) is 0 Å². The lowest BCUT2D eigenvalue weighted by Crippen LogP contribution is -2.08. The van der Waals surface area contributed by atoms with E-state index in [4.69, 9.17) is 4.74 Å². The highest BCUT2D eigenvalue weighted by Crippen LogP contribution is 2.45. The fourth-order valence-electron chi connectivity index (χ4n) is 2.11. The van der Waals surface area contributed by atoms with Gasteiger partial charge in [0.15, 0.2) is 5.69 Å². The normalized spacial score (nSPS) is 19.4. The van der Waals surface area contributed by atoms with Crippen LogP contribution in [0.15, 0.2) is 4.47 Å². The van der Waals surface area contributed by atoms with Crippen LogP contribution in [-0.4, -0.2) is 22.9 Å². The zero-order valence-electron chi connectivity index (χ0n) is 9.78. The van der Waals surface area contributed by atoms with Gasteiger partial charge in [-0.05, 0) is 47.5 Å². The van der Waals surface area contributed by atoms with Crippen LogP contribution in [0, 0.1) is 5.92 Å². The molecule has 0 saturated heterocycles. The number of hydrogen-bond donors (Lipinski definition) is 0. The van der Waals surface area contributed by atoms with E-state index in [0.29, 0.717) is 11.6 Å². The van der Waals surface area contributed by atoms with Crippen LogP contribution >= 0.6 is 15.9 Å². The van der Waals surface area contributed by atoms with Gasteiger partial charge in [-0.2, -0.15) is 5.10 Å². The summed E-state index contributed by atoms with van der Waals surface area (Å²) in [6.07, 6.45) is 4.98. The van der Waals surface area contributed by atoms with Gasteiger partial charge in [0.1, 0.15) is 0 Å². The van der Waals surface area contributed by atoms with Crippen molar-refractivity contribution in [3.8, 4) is 0 Å². The molecule has 17 heavy (non-hydrogen) atoms. The first-order valence-electron chi connectivity index (χ1n) is 6.05. The predicted molar refractivity (Wildman–Crippen MR) is 66.0 cm³/mol. The maximum atomic E-state index is 11.6. The maximum absolute atomic E-state index is 11.6. The molecule has 2 saturated carbocycles. The molecule has 1 aromatic heterocycles. The predicted octanol–water partition coefficient (Wildman–Crippen LogP) is 2.72. The Hall–Kier alpha value is -0.840. The standard InChI is InChI=1S/C12H15BrN2O2/c1-17-12(16)10-9(13)11(8-4-5-8)15(14-10)6-7-2-3-7/h7-8H,2-6H2,1H3. The highest BCUT2D eigenvalue weighted by atomic mass is 79.9. The monoisotopic (exact) mass is 298 g/mol. The average molecular weight is 299 g/mol. The molecule has 92 valence electrons. The Morgan fingerprint density at radius 1 is 1.47 bits per heavy atom. The molecular formula is C12H15BrN2O2. The third-order valence-electron chi connectivity index (χ3n) is 3.40. The van der Waals surface area contributed by atoms with Crippen molar-refractivity contribution in [3.05, 3.63) is 15.9 Å². The highest BCUT2D eigenvalue weighted by molar-refractivity contribution is 9.10. The number of esters is 1. The van der Waals surface area contributed by atoms with E-state index in [1.165, 1.54) is 38.5 Å². The minimum Gasteiger partial charge on any atom is -0.464 e. The summed E-state index contributed by atoms with van der Waals surface area (Å²) in [4.78, 5) is 11.6. The molecule has 0 aliphatic heterocycles. The molecule has 0 bridgehead atoms. The molecule has 2 aliphatic carbocycles. The zero-order valence-corrected chi connectivity index (χ0v) is 11.4. The zero-order chi connectivity index (χ0) is 12.0. The lowest BCUT2D eigenvalue weighted by atomic mass is 10.2. The molecule has 0 N–H and O–H groups in total. The fourth-order valence-corrected chi connectivity index (χ4v) is 2.88. The second-order valence-electron chi connectivity index (χ2n) is 4.94. The van der Waals surface area contributed by atoms with Gasteiger partial charge in [-0.1, -0.05) is 0 Å². The summed E-state index contributed by atoms with van der Waals surface area (Å²) < 4.78 is 7.62. The summed E-state index contributed by atoms with van der Waals surface area (Å²) in [6.45, 7) is 0.946. The molecular weight excluding hydrogens is 284 g/mol. The summed E-state index contributed by atoms with van der Waals surface area (Å²) in [5.74, 6) is 0.979. The number of ether oxygens (including phenoxy) is 1. The van der Waals surface area contributed by atoms with Crippen LogP contribution in [0.25, 0.3) is 0 Å². The van der Waals surface area contributed by atoms with Gasteiger partial charge < -0.3 is 4.74 Å². The van der Waals surface area contributed by atoms with Gasteiger partial charge in [0.25, 0.3) is 0 Å². The first-order chi connectivity index (χ1) is 8.20. The van der Waals surface area contributed by atoms with Gasteiger partial charge in [-0.25, -0.2) is 4.79 Å². The number of carbonyl (C=O) groups excluding carboxylic acids is 1. The minimum absolute atomic E-state index is 0.353. The van der Waals surface area contributed by atoms with Crippen LogP contribution in [0.2, 0.25) is 0 Å². The molecule has 0 atom stereocenters. The summed E-state index contributed by atoms with van der Waals surface area (Å²) >= 11 is 3.51. The first-order valence-corrected chi connectivity index (χ1v) is 6.84. The van der Waals surface area contributed by atoms with Crippen molar-refractivity contribution in [1.82, 2.24) is 9.78 Å². The molecule has 2 aliphatic rings. The average Bonchev–Trinajstić information content (AvgIpc) is 3.19. The number of halogens is 1. The third-order valence-corrected chi connectivity index (χ3v) is 4.18. The second kappa shape index (κ2) is 4.12. The molecule has 3 rings (SSSR count). The summed E-state index contributed by atoms with van der Waals surface area (Å²) in [5, 5.41) is 4.42. The Morgan fingerprint density at radius 3 is 2.71 bits per heavy atom. The van der Waals surface area contributed by atoms with Gasteiger partial charge in [0.05, 0.1) is 17.3 Å². The van der Waals surface area contributed by atoms with E-state index < -0.39 is 0 Å². The number of rotatable bonds is 4. The van der Waals surface area contributed by atoms with Crippen molar-refractivity contribution in [2.24, 2.45) is 5.92 Å². The number of nitrogens with zero attached hydrogens (tertiary/aromatic N) is 2. The van der Waals surface area contributed by atoms with Gasteiger partial charge >= 0.3 is 5.97 Å². The van der Waals surface area contributed by atoms with Gasteiger partial charge in [0, 0.05) is 12.5 Å². The number of hydrogen-bond acceptors (Lipinski definition) is 3. The van der Waals surface area contributed by atoms with Crippen molar-refractivity contribution in [3.63, 3.8) is 0 Å². The van der Waals surface area contributed by atoms with E-state index in [1.807, 2.05) is 4.68 Å². The van der Waals surface area contributed by atoms with Crippen molar-refractivity contribution < 1.29 is 9.53 Å². The lowest BCUT2D eigenvalue weighted by molar-refractivity contribution is 0.0592. The van der Waals surface area contributed by atoms with E-state index in [1.54, 1.807) is 0 Å². The molecule has 2 fully saturated rings. The fraction of sp³-hybridized carbons (Fsp3) is 0.667. The number of methoxy groups -OCH3 is 1. The van der Waals surface area contributed by atoms with E-state index in [2.05, 4.69) is 21.0 Å². The molecule has 5 heteroatoms. The van der Waals surface area contributed by atoms with Crippen LogP contribution in [0.3, 0.4) is 0 Å². The molecule has 1 heterocycles. The van der Waals surface area contributed by atoms with Crippen LogP contribution in [0.5, 0.6) is 0 Å². The van der Waals surface area contributed by atoms with E-state index in [9.17, 15) is 4.79 Å². The molecule has 0 aromatic carbocycles. The van der Waals surface area contributed by atoms with Gasteiger partial charge in [-0.3, -0.25) is 4.68 Å². The number of aromatic nitrogens is 2. The van der Waals surface area contributed by atoms with Gasteiger partial charge in [0.2, 0.25) is 0 Å². The molecule has 4 nitrogen and oxygen atoms in total. The Kier molecular flexibility index (Phi) is 2.73. The highest BCUT2D eigenvalue weighted by Gasteiger charge is 2.35. The Balaban J connectivity index is 1.96. The lowest BCUT2D eigenvalue weighted by Gasteiger charge is -2.05. The minimum atomic E-state index is -0.353. The largest absolute Gasteiger partial charge is 0.464 e. The van der Waals surface area contributed by atoms with Crippen LogP contribution < -0.4 is 0 Å². The molecule has 0 spiro atoms. The third kappa shape index (κ3) is 2.12. The Bertz CT molecular complexity index is 461. The molecule has 0 radical (unpaired) electrons. The van der Waals surface area contributed by atoms with Crippen molar-refractivity contribution in [1.29, 1.82) is 0 Å². The smallest absolute Gasteiger partial charge is 0.359 e. The van der Waals surface area contributed by atoms with E-state index in [-0.39, 0.29) is 5.97 Å². The number of carbonyl (C=O) groups is 1. The SMILES string of the molecule is COC(=O)c1nn(CC2CC2)c(C2CC2)c1Br. The first kappa shape index (κ1) is 11.3. The molecule has 1 aromatic rings. The quantitative estimate of drug-likeness (QED) is 0.803. The Morgan fingerprint density at radius 2 is 2.18 bits per heavy atom. The van der Waals surface area contributed by atoms with Crippen molar-refractivity contribution in [2.75, 3.05) is 7.11 Å². The van der Waals surface area contributed by atoms with E-state index >= 15 is 0 Å². The van der Waals surface area contributed by atoms with Crippen molar-refractivity contribution >= 4 is 21.9 Å². The van der Waals surface area contributed by atoms with Crippen LogP contribution in [0.1, 0.15) is 47.8 Å². The second-order valence-corrected chi connectivity index (χ2v) is 5.73.